The number of aryl methyl sites for hydroxylation is 1. The van der Waals surface area contributed by atoms with Gasteiger partial charge in [0.15, 0.2) is 5.82 Å². The highest BCUT2D eigenvalue weighted by molar-refractivity contribution is 5.97. The topological polar surface area (TPSA) is 104 Å². The van der Waals surface area contributed by atoms with Crippen LogP contribution in [0, 0.1) is 11.8 Å². The summed E-state index contributed by atoms with van der Waals surface area (Å²) in [6.07, 6.45) is 6.71. The number of pyridine rings is 1. The van der Waals surface area contributed by atoms with Crippen molar-refractivity contribution in [2.24, 2.45) is 18.9 Å². The summed E-state index contributed by atoms with van der Waals surface area (Å²) in [4.78, 5) is 13.2. The van der Waals surface area contributed by atoms with E-state index in [2.05, 4.69) is 15.3 Å². The zero-order valence-corrected chi connectivity index (χ0v) is 14.9. The summed E-state index contributed by atoms with van der Waals surface area (Å²) in [7, 11) is 3.44. The number of hydrogen-bond donors (Lipinski definition) is 2. The third kappa shape index (κ3) is 2.24. The number of methoxy groups -OCH3 is 1. The van der Waals surface area contributed by atoms with Gasteiger partial charge in [0.2, 0.25) is 5.88 Å². The standard InChI is InChI=1S/C18H22N6O2/c1-23-13(26-2)7-12(22-23)11-8-24(16(9-3-4-9)10-5-6-10)18(25)14-15(11)20-21-17(14)19/h7-10,16H,3-6H2,1-2H3,(H3,19,20,21). The summed E-state index contributed by atoms with van der Waals surface area (Å²) in [5.74, 6) is 2.09. The zero-order valence-electron chi connectivity index (χ0n) is 14.9. The van der Waals surface area contributed by atoms with Crippen LogP contribution in [0.3, 0.4) is 0 Å². The lowest BCUT2D eigenvalue weighted by atomic mass is 10.0. The average Bonchev–Trinajstić information content (AvgIpc) is 3.55. The van der Waals surface area contributed by atoms with Crippen molar-refractivity contribution in [3.63, 3.8) is 0 Å². The van der Waals surface area contributed by atoms with E-state index in [1.807, 2.05) is 23.9 Å². The summed E-state index contributed by atoms with van der Waals surface area (Å²) >= 11 is 0. The third-order valence-electron chi connectivity index (χ3n) is 5.63. The van der Waals surface area contributed by atoms with Crippen LogP contribution in [0.4, 0.5) is 5.82 Å². The fourth-order valence-electron chi connectivity index (χ4n) is 4.06. The molecule has 3 heterocycles. The van der Waals surface area contributed by atoms with E-state index in [9.17, 15) is 4.79 Å². The van der Waals surface area contributed by atoms with Crippen LogP contribution in [0.2, 0.25) is 0 Å². The fourth-order valence-corrected chi connectivity index (χ4v) is 4.06. The lowest BCUT2D eigenvalue weighted by molar-refractivity contribution is 0.373. The summed E-state index contributed by atoms with van der Waals surface area (Å²) in [5, 5.41) is 12.0. The quantitative estimate of drug-likeness (QED) is 0.730. The summed E-state index contributed by atoms with van der Waals surface area (Å²) in [5.41, 5.74) is 8.17. The van der Waals surface area contributed by atoms with Crippen molar-refractivity contribution < 1.29 is 4.74 Å². The molecule has 0 saturated heterocycles. The molecule has 5 rings (SSSR count). The number of fused-ring (bicyclic) bond motifs is 1. The zero-order chi connectivity index (χ0) is 18.0. The van der Waals surface area contributed by atoms with Gasteiger partial charge in [-0.05, 0) is 37.5 Å². The number of H-pyrrole nitrogens is 1. The van der Waals surface area contributed by atoms with Gasteiger partial charge in [-0.25, -0.2) is 4.68 Å². The second-order valence-electron chi connectivity index (χ2n) is 7.48. The van der Waals surface area contributed by atoms with Gasteiger partial charge in [0, 0.05) is 30.9 Å². The van der Waals surface area contributed by atoms with Crippen LogP contribution < -0.4 is 16.0 Å². The van der Waals surface area contributed by atoms with Gasteiger partial charge in [0.25, 0.3) is 5.56 Å². The van der Waals surface area contributed by atoms with E-state index in [0.29, 0.717) is 28.6 Å². The molecule has 0 spiro atoms. The smallest absolute Gasteiger partial charge is 0.264 e. The number of nitrogens with one attached hydrogen (secondary N) is 1. The molecule has 2 fully saturated rings. The van der Waals surface area contributed by atoms with Crippen LogP contribution in [0.25, 0.3) is 22.2 Å². The molecule has 136 valence electrons. The molecule has 3 aromatic rings. The van der Waals surface area contributed by atoms with Crippen molar-refractivity contribution in [1.29, 1.82) is 0 Å². The SMILES string of the molecule is COc1cc(-c2cn(C(C3CC3)C3CC3)c(=O)c3c(N)n[nH]c23)nn1C. The molecule has 3 aromatic heterocycles. The Hall–Kier alpha value is -2.77. The first kappa shape index (κ1) is 15.5. The van der Waals surface area contributed by atoms with Crippen LogP contribution in [-0.2, 0) is 7.05 Å². The minimum atomic E-state index is -0.0540. The molecule has 3 N–H and O–H groups in total. The molecule has 8 nitrogen and oxygen atoms in total. The summed E-state index contributed by atoms with van der Waals surface area (Å²) in [6.45, 7) is 0. The van der Waals surface area contributed by atoms with Crippen LogP contribution in [0.5, 0.6) is 5.88 Å². The first-order chi connectivity index (χ1) is 12.6. The molecule has 0 atom stereocenters. The maximum absolute atomic E-state index is 13.2. The minimum Gasteiger partial charge on any atom is -0.481 e. The van der Waals surface area contributed by atoms with Gasteiger partial charge in [-0.2, -0.15) is 10.2 Å². The molecule has 0 unspecified atom stereocenters. The Morgan fingerprint density at radius 2 is 2.00 bits per heavy atom. The number of nitrogen functional groups attached to an aromatic ring is 1. The molecule has 0 aromatic carbocycles. The lowest BCUT2D eigenvalue weighted by Crippen LogP contribution is -2.27. The van der Waals surface area contributed by atoms with Crippen LogP contribution in [-0.4, -0.2) is 31.7 Å². The fraction of sp³-hybridized carbons (Fsp3) is 0.500. The summed E-state index contributed by atoms with van der Waals surface area (Å²) < 4.78 is 8.92. The molecule has 26 heavy (non-hydrogen) atoms. The number of rotatable bonds is 5. The molecule has 0 radical (unpaired) electrons. The number of ether oxygens (including phenoxy) is 1. The first-order valence-corrected chi connectivity index (χ1v) is 9.05. The monoisotopic (exact) mass is 354 g/mol. The van der Waals surface area contributed by atoms with Gasteiger partial charge in [0.05, 0.1) is 18.3 Å². The molecule has 2 aliphatic carbocycles. The second-order valence-corrected chi connectivity index (χ2v) is 7.48. The Labute approximate surface area is 149 Å². The highest BCUT2D eigenvalue weighted by Crippen LogP contribution is 2.52. The number of aromatic amines is 1. The van der Waals surface area contributed by atoms with Gasteiger partial charge in [0.1, 0.15) is 5.39 Å². The van der Waals surface area contributed by atoms with E-state index in [1.54, 1.807) is 11.8 Å². The molecule has 2 saturated carbocycles. The first-order valence-electron chi connectivity index (χ1n) is 9.05. The van der Waals surface area contributed by atoms with E-state index >= 15 is 0 Å². The molecular formula is C18H22N6O2. The van der Waals surface area contributed by atoms with Crippen LogP contribution in [0.15, 0.2) is 17.1 Å². The molecular weight excluding hydrogens is 332 g/mol. The van der Waals surface area contributed by atoms with Gasteiger partial charge >= 0.3 is 0 Å². The van der Waals surface area contributed by atoms with Gasteiger partial charge in [-0.3, -0.25) is 9.89 Å². The second kappa shape index (κ2) is 5.36. The maximum atomic E-state index is 13.2. The van der Waals surface area contributed by atoms with Crippen molar-refractivity contribution in [2.45, 2.75) is 31.7 Å². The normalized spacial score (nSPS) is 17.3. The maximum Gasteiger partial charge on any atom is 0.264 e. The predicted octanol–water partition coefficient (Wildman–Crippen LogP) is 2.08. The van der Waals surface area contributed by atoms with Crippen molar-refractivity contribution in [3.05, 3.63) is 22.6 Å². The molecule has 2 aliphatic rings. The molecule has 0 bridgehead atoms. The number of aromatic nitrogens is 5. The van der Waals surface area contributed by atoms with Crippen LogP contribution in [0.1, 0.15) is 31.7 Å². The van der Waals surface area contributed by atoms with Crippen LogP contribution >= 0.6 is 0 Å². The molecule has 8 heteroatoms. The average molecular weight is 354 g/mol. The van der Waals surface area contributed by atoms with E-state index in [0.717, 1.165) is 11.3 Å². The number of nitrogens with zero attached hydrogens (tertiary/aromatic N) is 4. The Morgan fingerprint density at radius 3 is 2.58 bits per heavy atom. The Balaban J connectivity index is 1.77. The molecule has 0 amide bonds. The van der Waals surface area contributed by atoms with Gasteiger partial charge in [-0.15, -0.1) is 0 Å². The Morgan fingerprint density at radius 1 is 1.31 bits per heavy atom. The van der Waals surface area contributed by atoms with Crippen molar-refractivity contribution in [2.75, 3.05) is 12.8 Å². The highest BCUT2D eigenvalue weighted by atomic mass is 16.5. The third-order valence-corrected chi connectivity index (χ3v) is 5.63. The lowest BCUT2D eigenvalue weighted by Gasteiger charge is -2.20. The Bertz CT molecular complexity index is 1040. The van der Waals surface area contributed by atoms with Crippen molar-refractivity contribution in [1.82, 2.24) is 24.5 Å². The van der Waals surface area contributed by atoms with Gasteiger partial charge in [-0.1, -0.05) is 0 Å². The largest absolute Gasteiger partial charge is 0.481 e. The summed E-state index contributed by atoms with van der Waals surface area (Å²) in [6, 6.07) is 2.12. The van der Waals surface area contributed by atoms with Gasteiger partial charge < -0.3 is 15.0 Å². The van der Waals surface area contributed by atoms with E-state index < -0.39 is 0 Å². The van der Waals surface area contributed by atoms with Crippen molar-refractivity contribution in [3.8, 4) is 17.1 Å². The number of anilines is 1. The number of hydrogen-bond acceptors (Lipinski definition) is 5. The molecule has 0 aliphatic heterocycles. The predicted molar refractivity (Wildman–Crippen MR) is 98.0 cm³/mol. The van der Waals surface area contributed by atoms with E-state index in [-0.39, 0.29) is 17.4 Å². The Kier molecular flexibility index (Phi) is 3.19. The van der Waals surface area contributed by atoms with E-state index in [1.165, 1.54) is 25.7 Å². The minimum absolute atomic E-state index is 0.0540. The van der Waals surface area contributed by atoms with E-state index in [4.69, 9.17) is 10.5 Å². The van der Waals surface area contributed by atoms with Crippen molar-refractivity contribution >= 4 is 16.7 Å². The highest BCUT2D eigenvalue weighted by Gasteiger charge is 2.43. The number of nitrogens with two attached hydrogens (primary N) is 1.